The van der Waals surface area contributed by atoms with Crippen LogP contribution in [0.1, 0.15) is 5.56 Å². The van der Waals surface area contributed by atoms with Crippen LogP contribution in [0.4, 0.5) is 16.3 Å². The van der Waals surface area contributed by atoms with Crippen molar-refractivity contribution < 1.29 is 14.3 Å². The van der Waals surface area contributed by atoms with Crippen molar-refractivity contribution in [1.29, 1.82) is 0 Å². The molecule has 0 aliphatic heterocycles. The minimum atomic E-state index is -0.522. The lowest BCUT2D eigenvalue weighted by atomic mass is 10.2. The van der Waals surface area contributed by atoms with Crippen molar-refractivity contribution in [2.45, 2.75) is 6.54 Å². The smallest absolute Gasteiger partial charge is 0.411 e. The van der Waals surface area contributed by atoms with Gasteiger partial charge >= 0.3 is 6.09 Å². The van der Waals surface area contributed by atoms with Crippen molar-refractivity contribution in [2.24, 2.45) is 0 Å². The molecule has 0 aliphatic rings. The van der Waals surface area contributed by atoms with Gasteiger partial charge in [0.25, 0.3) is 0 Å². The number of nitrogens with one attached hydrogen (secondary N) is 2. The number of nitrogens with zero attached hydrogens (tertiary/aromatic N) is 1. The summed E-state index contributed by atoms with van der Waals surface area (Å²) < 4.78 is 9.80. The van der Waals surface area contributed by atoms with Gasteiger partial charge in [-0.25, -0.2) is 9.78 Å². The van der Waals surface area contributed by atoms with E-state index >= 15 is 0 Å². The Bertz CT molecular complexity index is 599. The Hall–Kier alpha value is -2.76. The van der Waals surface area contributed by atoms with Crippen molar-refractivity contribution in [3.05, 3.63) is 48.2 Å². The molecule has 21 heavy (non-hydrogen) atoms. The molecule has 0 spiro atoms. The lowest BCUT2D eigenvalue weighted by Gasteiger charge is -2.10. The average molecular weight is 287 g/mol. The van der Waals surface area contributed by atoms with Gasteiger partial charge in [0.05, 0.1) is 26.1 Å². The molecule has 0 saturated carbocycles. The number of hydrogen-bond acceptors (Lipinski definition) is 5. The first-order valence-corrected chi connectivity index (χ1v) is 6.39. The van der Waals surface area contributed by atoms with E-state index in [0.29, 0.717) is 18.1 Å². The molecular formula is C15H17N3O3. The summed E-state index contributed by atoms with van der Waals surface area (Å²) in [4.78, 5) is 15.3. The van der Waals surface area contributed by atoms with E-state index in [1.54, 1.807) is 25.4 Å². The molecule has 6 heteroatoms. The number of aromatic nitrogens is 1. The van der Waals surface area contributed by atoms with E-state index in [1.165, 1.54) is 7.11 Å². The predicted octanol–water partition coefficient (Wildman–Crippen LogP) is 2.88. The average Bonchev–Trinajstić information content (AvgIpc) is 2.54. The zero-order chi connectivity index (χ0) is 15.1. The fourth-order valence-electron chi connectivity index (χ4n) is 1.78. The van der Waals surface area contributed by atoms with Gasteiger partial charge in [0.1, 0.15) is 11.6 Å². The highest BCUT2D eigenvalue weighted by atomic mass is 16.5. The molecule has 6 nitrogen and oxygen atoms in total. The Morgan fingerprint density at radius 3 is 2.67 bits per heavy atom. The third-order valence-corrected chi connectivity index (χ3v) is 2.85. The number of pyridine rings is 1. The number of rotatable bonds is 5. The van der Waals surface area contributed by atoms with Gasteiger partial charge in [-0.2, -0.15) is 0 Å². The molecule has 1 aromatic heterocycles. The SMILES string of the molecule is COC(=O)Nc1ccc(NCc2ccccc2OC)nc1. The summed E-state index contributed by atoms with van der Waals surface area (Å²) in [5.74, 6) is 1.53. The van der Waals surface area contributed by atoms with Gasteiger partial charge in [0.15, 0.2) is 0 Å². The minimum absolute atomic E-state index is 0.522. The molecule has 110 valence electrons. The number of benzene rings is 1. The summed E-state index contributed by atoms with van der Waals surface area (Å²) >= 11 is 0. The van der Waals surface area contributed by atoms with Crippen LogP contribution < -0.4 is 15.4 Å². The monoisotopic (exact) mass is 287 g/mol. The second-order valence-electron chi connectivity index (χ2n) is 4.21. The maximum Gasteiger partial charge on any atom is 0.411 e. The number of carbonyl (C=O) groups excluding carboxylic acids is 1. The minimum Gasteiger partial charge on any atom is -0.496 e. The van der Waals surface area contributed by atoms with Gasteiger partial charge in [0.2, 0.25) is 0 Å². The second-order valence-corrected chi connectivity index (χ2v) is 4.21. The summed E-state index contributed by atoms with van der Waals surface area (Å²) in [6.45, 7) is 0.598. The maximum atomic E-state index is 11.1. The molecule has 0 aliphatic carbocycles. The molecule has 2 rings (SSSR count). The summed E-state index contributed by atoms with van der Waals surface area (Å²) in [5, 5.41) is 5.73. The standard InChI is InChI=1S/C15H17N3O3/c1-20-13-6-4-3-5-11(13)9-16-14-8-7-12(10-17-14)18-15(19)21-2/h3-8,10H,9H2,1-2H3,(H,16,17)(H,18,19). The molecule has 0 radical (unpaired) electrons. The molecule has 0 bridgehead atoms. The van der Waals surface area contributed by atoms with E-state index in [1.807, 2.05) is 24.3 Å². The molecule has 1 aromatic carbocycles. The van der Waals surface area contributed by atoms with E-state index < -0.39 is 6.09 Å². The number of amides is 1. The second kappa shape index (κ2) is 7.14. The third kappa shape index (κ3) is 4.10. The number of ether oxygens (including phenoxy) is 2. The Morgan fingerprint density at radius 1 is 1.19 bits per heavy atom. The van der Waals surface area contributed by atoms with Gasteiger partial charge in [-0.15, -0.1) is 0 Å². The summed E-state index contributed by atoms with van der Waals surface area (Å²) in [6, 6.07) is 11.3. The van der Waals surface area contributed by atoms with E-state index in [0.717, 1.165) is 11.3 Å². The number of anilines is 2. The summed E-state index contributed by atoms with van der Waals surface area (Å²) in [7, 11) is 2.95. The van der Waals surface area contributed by atoms with Crippen LogP contribution in [0.25, 0.3) is 0 Å². The highest BCUT2D eigenvalue weighted by Gasteiger charge is 2.03. The lowest BCUT2D eigenvalue weighted by molar-refractivity contribution is 0.187. The lowest BCUT2D eigenvalue weighted by Crippen LogP contribution is -2.11. The molecule has 0 saturated heterocycles. The first-order chi connectivity index (χ1) is 10.2. The van der Waals surface area contributed by atoms with Crippen molar-refractivity contribution in [1.82, 2.24) is 4.98 Å². The van der Waals surface area contributed by atoms with Crippen LogP contribution in [-0.4, -0.2) is 25.3 Å². The Morgan fingerprint density at radius 2 is 2.00 bits per heavy atom. The third-order valence-electron chi connectivity index (χ3n) is 2.85. The van der Waals surface area contributed by atoms with Crippen molar-refractivity contribution in [2.75, 3.05) is 24.9 Å². The first kappa shape index (κ1) is 14.6. The van der Waals surface area contributed by atoms with Crippen LogP contribution in [-0.2, 0) is 11.3 Å². The molecule has 2 aromatic rings. The van der Waals surface area contributed by atoms with Crippen molar-refractivity contribution >= 4 is 17.6 Å². The Balaban J connectivity index is 1.96. The molecule has 1 heterocycles. The number of hydrogen-bond donors (Lipinski definition) is 2. The van der Waals surface area contributed by atoms with Gasteiger partial charge in [0, 0.05) is 12.1 Å². The van der Waals surface area contributed by atoms with E-state index in [2.05, 4.69) is 20.4 Å². The Kier molecular flexibility index (Phi) is 4.98. The molecule has 2 N–H and O–H groups in total. The zero-order valence-corrected chi connectivity index (χ0v) is 11.9. The number of para-hydroxylation sites is 1. The van der Waals surface area contributed by atoms with Crippen molar-refractivity contribution in [3.63, 3.8) is 0 Å². The normalized spacial score (nSPS) is 9.81. The van der Waals surface area contributed by atoms with Gasteiger partial charge in [-0.05, 0) is 18.2 Å². The van der Waals surface area contributed by atoms with Crippen LogP contribution in [0.15, 0.2) is 42.6 Å². The van der Waals surface area contributed by atoms with Gasteiger partial charge in [-0.1, -0.05) is 18.2 Å². The fourth-order valence-corrected chi connectivity index (χ4v) is 1.78. The predicted molar refractivity (Wildman–Crippen MR) is 80.6 cm³/mol. The van der Waals surface area contributed by atoms with Crippen LogP contribution >= 0.6 is 0 Å². The first-order valence-electron chi connectivity index (χ1n) is 6.39. The molecular weight excluding hydrogens is 270 g/mol. The van der Waals surface area contributed by atoms with E-state index in [4.69, 9.17) is 4.74 Å². The zero-order valence-electron chi connectivity index (χ0n) is 11.9. The topological polar surface area (TPSA) is 72.5 Å². The quantitative estimate of drug-likeness (QED) is 0.884. The van der Waals surface area contributed by atoms with Crippen LogP contribution in [0.3, 0.4) is 0 Å². The molecule has 0 fully saturated rings. The number of methoxy groups -OCH3 is 2. The maximum absolute atomic E-state index is 11.1. The molecule has 0 atom stereocenters. The van der Waals surface area contributed by atoms with Gasteiger partial charge < -0.3 is 14.8 Å². The van der Waals surface area contributed by atoms with Crippen LogP contribution in [0.5, 0.6) is 5.75 Å². The largest absolute Gasteiger partial charge is 0.496 e. The molecule has 1 amide bonds. The van der Waals surface area contributed by atoms with Crippen molar-refractivity contribution in [3.8, 4) is 5.75 Å². The van der Waals surface area contributed by atoms with Gasteiger partial charge in [-0.3, -0.25) is 5.32 Å². The molecule has 0 unspecified atom stereocenters. The van der Waals surface area contributed by atoms with Crippen LogP contribution in [0.2, 0.25) is 0 Å². The number of carbonyl (C=O) groups is 1. The summed E-state index contributed by atoms with van der Waals surface area (Å²) in [6.07, 6.45) is 1.04. The Labute approximate surface area is 123 Å². The van der Waals surface area contributed by atoms with E-state index in [9.17, 15) is 4.79 Å². The van der Waals surface area contributed by atoms with E-state index in [-0.39, 0.29) is 0 Å². The van der Waals surface area contributed by atoms with Crippen LogP contribution in [0, 0.1) is 0 Å². The summed E-state index contributed by atoms with van der Waals surface area (Å²) in [5.41, 5.74) is 1.61. The highest BCUT2D eigenvalue weighted by molar-refractivity contribution is 5.84. The fraction of sp³-hybridized carbons (Fsp3) is 0.200. The highest BCUT2D eigenvalue weighted by Crippen LogP contribution is 2.18.